The van der Waals surface area contributed by atoms with Crippen LogP contribution in [0.2, 0.25) is 0 Å². The van der Waals surface area contributed by atoms with Crippen molar-refractivity contribution in [2.75, 3.05) is 5.32 Å². The van der Waals surface area contributed by atoms with Gasteiger partial charge < -0.3 is 10.3 Å². The number of halogens is 1. The average Bonchev–Trinajstić information content (AvgIpc) is 2.89. The van der Waals surface area contributed by atoms with E-state index in [9.17, 15) is 0 Å². The van der Waals surface area contributed by atoms with E-state index in [0.717, 1.165) is 22.4 Å². The van der Waals surface area contributed by atoms with E-state index < -0.39 is 0 Å². The molecule has 3 nitrogen and oxygen atoms in total. The molecule has 2 aromatic heterocycles. The number of nitrogens with one attached hydrogen (secondary N) is 2. The Labute approximate surface area is 120 Å². The van der Waals surface area contributed by atoms with Gasteiger partial charge in [0.15, 0.2) is 0 Å². The van der Waals surface area contributed by atoms with Crippen LogP contribution in [0.1, 0.15) is 11.1 Å². The number of aryl methyl sites for hydroxylation is 1. The molecule has 0 bridgehead atoms. The van der Waals surface area contributed by atoms with Crippen molar-refractivity contribution in [3.05, 3.63) is 58.5 Å². The molecule has 2 N–H and O–H groups in total. The zero-order valence-corrected chi connectivity index (χ0v) is 12.2. The van der Waals surface area contributed by atoms with Crippen LogP contribution in [0, 0.1) is 6.92 Å². The summed E-state index contributed by atoms with van der Waals surface area (Å²) in [6.45, 7) is 2.83. The topological polar surface area (TPSA) is 40.7 Å². The van der Waals surface area contributed by atoms with Crippen molar-refractivity contribution < 1.29 is 0 Å². The van der Waals surface area contributed by atoms with Crippen molar-refractivity contribution in [2.45, 2.75) is 13.5 Å². The molecule has 3 rings (SSSR count). The van der Waals surface area contributed by atoms with Crippen LogP contribution in [-0.2, 0) is 6.54 Å². The first-order valence-corrected chi connectivity index (χ1v) is 6.94. The number of rotatable bonds is 3. The SMILES string of the molecule is Cc1cc(NCc2cccc3[nH]ccc23)cnc1Br. The molecule has 19 heavy (non-hydrogen) atoms. The number of hydrogen-bond acceptors (Lipinski definition) is 2. The van der Waals surface area contributed by atoms with Crippen LogP contribution in [0.5, 0.6) is 0 Å². The monoisotopic (exact) mass is 315 g/mol. The summed E-state index contributed by atoms with van der Waals surface area (Å²) in [5.41, 5.74) is 4.61. The average molecular weight is 316 g/mol. The summed E-state index contributed by atoms with van der Waals surface area (Å²) >= 11 is 3.41. The molecule has 2 heterocycles. The van der Waals surface area contributed by atoms with Crippen LogP contribution in [0.3, 0.4) is 0 Å². The molecule has 0 unspecified atom stereocenters. The molecule has 0 saturated carbocycles. The Balaban J connectivity index is 1.82. The third kappa shape index (κ3) is 2.49. The minimum Gasteiger partial charge on any atom is -0.380 e. The first-order valence-electron chi connectivity index (χ1n) is 6.15. The van der Waals surface area contributed by atoms with Gasteiger partial charge in [-0.15, -0.1) is 0 Å². The second-order valence-electron chi connectivity index (χ2n) is 4.54. The van der Waals surface area contributed by atoms with E-state index in [2.05, 4.69) is 61.5 Å². The maximum absolute atomic E-state index is 4.29. The van der Waals surface area contributed by atoms with Gasteiger partial charge in [-0.3, -0.25) is 0 Å². The van der Waals surface area contributed by atoms with E-state index in [-0.39, 0.29) is 0 Å². The number of anilines is 1. The van der Waals surface area contributed by atoms with Crippen molar-refractivity contribution in [1.82, 2.24) is 9.97 Å². The second-order valence-corrected chi connectivity index (χ2v) is 5.29. The number of benzene rings is 1. The first kappa shape index (κ1) is 12.2. The molecule has 0 aliphatic rings. The predicted octanol–water partition coefficient (Wildman–Crippen LogP) is 4.25. The molecule has 0 saturated heterocycles. The normalized spacial score (nSPS) is 10.8. The van der Waals surface area contributed by atoms with Crippen LogP contribution in [0.25, 0.3) is 10.9 Å². The van der Waals surface area contributed by atoms with Gasteiger partial charge in [-0.2, -0.15) is 0 Å². The highest BCUT2D eigenvalue weighted by Crippen LogP contribution is 2.20. The molecule has 0 aliphatic heterocycles. The van der Waals surface area contributed by atoms with Gasteiger partial charge in [0.25, 0.3) is 0 Å². The number of aromatic nitrogens is 2. The summed E-state index contributed by atoms with van der Waals surface area (Å²) in [6, 6.07) is 10.5. The van der Waals surface area contributed by atoms with Gasteiger partial charge in [0.05, 0.1) is 11.9 Å². The molecule has 1 aromatic carbocycles. The summed E-state index contributed by atoms with van der Waals surface area (Å²) in [7, 11) is 0. The van der Waals surface area contributed by atoms with Gasteiger partial charge in [0.1, 0.15) is 4.60 Å². The summed E-state index contributed by atoms with van der Waals surface area (Å²) in [4.78, 5) is 7.52. The van der Waals surface area contributed by atoms with E-state index in [1.165, 1.54) is 16.5 Å². The van der Waals surface area contributed by atoms with E-state index in [1.807, 2.05) is 19.3 Å². The molecule has 0 aliphatic carbocycles. The van der Waals surface area contributed by atoms with Gasteiger partial charge in [-0.25, -0.2) is 4.98 Å². The smallest absolute Gasteiger partial charge is 0.109 e. The Kier molecular flexibility index (Phi) is 3.25. The zero-order valence-electron chi connectivity index (χ0n) is 10.6. The van der Waals surface area contributed by atoms with E-state index in [1.54, 1.807) is 0 Å². The van der Waals surface area contributed by atoms with Crippen LogP contribution in [0.4, 0.5) is 5.69 Å². The Morgan fingerprint density at radius 1 is 1.32 bits per heavy atom. The lowest BCUT2D eigenvalue weighted by atomic mass is 10.1. The third-order valence-electron chi connectivity index (χ3n) is 3.18. The Morgan fingerprint density at radius 3 is 3.05 bits per heavy atom. The summed E-state index contributed by atoms with van der Waals surface area (Å²) in [5, 5.41) is 4.67. The summed E-state index contributed by atoms with van der Waals surface area (Å²) < 4.78 is 0.894. The number of fused-ring (bicyclic) bond motifs is 1. The summed E-state index contributed by atoms with van der Waals surface area (Å²) in [6.07, 6.45) is 3.81. The number of pyridine rings is 1. The lowest BCUT2D eigenvalue weighted by Crippen LogP contribution is -2.00. The standard InChI is InChI=1S/C15H14BrN3/c1-10-7-12(9-19-15(10)16)18-8-11-3-2-4-14-13(11)5-6-17-14/h2-7,9,17-18H,8H2,1H3. The highest BCUT2D eigenvalue weighted by atomic mass is 79.9. The van der Waals surface area contributed by atoms with Crippen molar-refractivity contribution in [3.8, 4) is 0 Å². The molecular formula is C15H14BrN3. The number of nitrogens with zero attached hydrogens (tertiary/aromatic N) is 1. The van der Waals surface area contributed by atoms with E-state index in [0.29, 0.717) is 0 Å². The van der Waals surface area contributed by atoms with Gasteiger partial charge in [0.2, 0.25) is 0 Å². The maximum Gasteiger partial charge on any atom is 0.109 e. The molecule has 0 spiro atoms. The number of H-pyrrole nitrogens is 1. The predicted molar refractivity (Wildman–Crippen MR) is 82.3 cm³/mol. The van der Waals surface area contributed by atoms with Crippen LogP contribution in [-0.4, -0.2) is 9.97 Å². The van der Waals surface area contributed by atoms with Crippen LogP contribution < -0.4 is 5.32 Å². The summed E-state index contributed by atoms with van der Waals surface area (Å²) in [5.74, 6) is 0. The molecule has 96 valence electrons. The molecule has 0 atom stereocenters. The van der Waals surface area contributed by atoms with Crippen molar-refractivity contribution in [1.29, 1.82) is 0 Å². The fourth-order valence-electron chi connectivity index (χ4n) is 2.16. The minimum atomic E-state index is 0.790. The third-order valence-corrected chi connectivity index (χ3v) is 4.01. The van der Waals surface area contributed by atoms with Crippen LogP contribution >= 0.6 is 15.9 Å². The molecule has 0 radical (unpaired) electrons. The van der Waals surface area contributed by atoms with Crippen molar-refractivity contribution in [3.63, 3.8) is 0 Å². The van der Waals surface area contributed by atoms with Gasteiger partial charge in [-0.1, -0.05) is 12.1 Å². The Morgan fingerprint density at radius 2 is 2.21 bits per heavy atom. The maximum atomic E-state index is 4.29. The molecular weight excluding hydrogens is 302 g/mol. The minimum absolute atomic E-state index is 0.790. The number of hydrogen-bond donors (Lipinski definition) is 2. The molecule has 0 amide bonds. The van der Waals surface area contributed by atoms with E-state index >= 15 is 0 Å². The molecule has 4 heteroatoms. The molecule has 3 aromatic rings. The Bertz CT molecular complexity index is 718. The second kappa shape index (κ2) is 5.05. The quantitative estimate of drug-likeness (QED) is 0.709. The highest BCUT2D eigenvalue weighted by molar-refractivity contribution is 9.10. The number of aromatic amines is 1. The lowest BCUT2D eigenvalue weighted by molar-refractivity contribution is 1.13. The highest BCUT2D eigenvalue weighted by Gasteiger charge is 2.02. The van der Waals surface area contributed by atoms with Gasteiger partial charge in [0, 0.05) is 23.6 Å². The lowest BCUT2D eigenvalue weighted by Gasteiger charge is -2.08. The van der Waals surface area contributed by atoms with Crippen molar-refractivity contribution >= 4 is 32.5 Å². The van der Waals surface area contributed by atoms with E-state index in [4.69, 9.17) is 0 Å². The largest absolute Gasteiger partial charge is 0.380 e. The first-order chi connectivity index (χ1) is 9.24. The Hall–Kier alpha value is -1.81. The zero-order chi connectivity index (χ0) is 13.2. The fourth-order valence-corrected chi connectivity index (χ4v) is 2.37. The van der Waals surface area contributed by atoms with Crippen LogP contribution in [0.15, 0.2) is 47.3 Å². The van der Waals surface area contributed by atoms with Gasteiger partial charge >= 0.3 is 0 Å². The van der Waals surface area contributed by atoms with Crippen molar-refractivity contribution in [2.24, 2.45) is 0 Å². The fraction of sp³-hybridized carbons (Fsp3) is 0.133. The molecule has 0 fully saturated rings. The van der Waals surface area contributed by atoms with Gasteiger partial charge in [-0.05, 0) is 52.2 Å².